The van der Waals surface area contributed by atoms with Gasteiger partial charge in [0.1, 0.15) is 0 Å². The number of ether oxygens (including phenoxy) is 1. The Morgan fingerprint density at radius 3 is 2.45 bits per heavy atom. The number of rotatable bonds is 13. The summed E-state index contributed by atoms with van der Waals surface area (Å²) in [5, 5.41) is 17.7. The first-order valence-electron chi connectivity index (χ1n) is 11.9. The van der Waals surface area contributed by atoms with E-state index in [1.165, 1.54) is 0 Å². The van der Waals surface area contributed by atoms with Gasteiger partial charge in [-0.1, -0.05) is 25.1 Å². The second-order valence-corrected chi connectivity index (χ2v) is 8.77. The molecule has 4 atom stereocenters. The van der Waals surface area contributed by atoms with Crippen LogP contribution in [-0.2, 0) is 19.1 Å². The molecule has 2 amide bonds. The van der Waals surface area contributed by atoms with Gasteiger partial charge in [-0.25, -0.2) is 0 Å². The lowest BCUT2D eigenvalue weighted by Gasteiger charge is -2.27. The Morgan fingerprint density at radius 1 is 1.06 bits per heavy atom. The molecule has 8 nitrogen and oxygen atoms in total. The highest BCUT2D eigenvalue weighted by atomic mass is 16.5. The van der Waals surface area contributed by atoms with Crippen molar-refractivity contribution in [2.24, 2.45) is 11.8 Å². The molecule has 2 heterocycles. The fraction of sp³-hybridized carbons (Fsp3) is 0.560. The van der Waals surface area contributed by atoms with Gasteiger partial charge in [0.25, 0.3) is 0 Å². The molecule has 1 aromatic carbocycles. The lowest BCUT2D eigenvalue weighted by Crippen LogP contribution is -2.38. The zero-order chi connectivity index (χ0) is 23.6. The molecule has 33 heavy (non-hydrogen) atoms. The monoisotopic (exact) mass is 457 g/mol. The summed E-state index contributed by atoms with van der Waals surface area (Å²) in [5.41, 5.74) is 1.30. The van der Waals surface area contributed by atoms with Crippen LogP contribution in [0.25, 0.3) is 0 Å². The van der Waals surface area contributed by atoms with E-state index in [1.807, 2.05) is 0 Å². The van der Waals surface area contributed by atoms with Gasteiger partial charge in [0.15, 0.2) is 0 Å². The lowest BCUT2D eigenvalue weighted by atomic mass is 9.77. The highest BCUT2D eigenvalue weighted by Crippen LogP contribution is 2.44. The standard InChI is InChI=1S/C25H35N3O5/c1-2-23(29)27-17-8-7-9-18(14-17)28-24(30)16-26-15-20-19(21-12-13-22(20)33-21)10-5-3-4-6-11-25(31)32/h3,5,7-9,14,19-22,26H,2,4,6,10-13,15-16H2,1H3,(H,27,29)(H,28,30)(H,31,32)/t19-,20+,21-,22+/m1/s1. The number of hydrogen-bond acceptors (Lipinski definition) is 5. The van der Waals surface area contributed by atoms with Crippen molar-refractivity contribution in [1.29, 1.82) is 0 Å². The van der Waals surface area contributed by atoms with Gasteiger partial charge in [0.05, 0.1) is 18.8 Å². The van der Waals surface area contributed by atoms with Crippen LogP contribution < -0.4 is 16.0 Å². The average Bonchev–Trinajstić information content (AvgIpc) is 3.38. The van der Waals surface area contributed by atoms with Crippen LogP contribution >= 0.6 is 0 Å². The quantitative estimate of drug-likeness (QED) is 0.266. The molecule has 1 aromatic rings. The minimum absolute atomic E-state index is 0.0714. The number of allylic oxidation sites excluding steroid dienone is 2. The molecule has 2 fully saturated rings. The molecule has 0 aliphatic carbocycles. The number of amides is 2. The third kappa shape index (κ3) is 7.68. The molecule has 4 N–H and O–H groups in total. The normalized spacial score (nSPS) is 23.7. The maximum atomic E-state index is 12.4. The fourth-order valence-electron chi connectivity index (χ4n) is 4.70. The number of unbranched alkanes of at least 4 members (excludes halogenated alkanes) is 1. The average molecular weight is 458 g/mol. The number of carboxylic acid groups (broad SMARTS) is 1. The van der Waals surface area contributed by atoms with Crippen LogP contribution in [0.2, 0.25) is 0 Å². The highest BCUT2D eigenvalue weighted by Gasteiger charge is 2.47. The van der Waals surface area contributed by atoms with E-state index in [0.29, 0.717) is 36.1 Å². The van der Waals surface area contributed by atoms with Crippen molar-refractivity contribution in [3.8, 4) is 0 Å². The lowest BCUT2D eigenvalue weighted by molar-refractivity contribution is -0.137. The third-order valence-corrected chi connectivity index (χ3v) is 6.34. The Morgan fingerprint density at radius 2 is 1.76 bits per heavy atom. The van der Waals surface area contributed by atoms with Gasteiger partial charge in [-0.05, 0) is 56.2 Å². The third-order valence-electron chi connectivity index (χ3n) is 6.34. The number of carbonyl (C=O) groups excluding carboxylic acids is 2. The largest absolute Gasteiger partial charge is 0.481 e. The number of nitrogens with one attached hydrogen (secondary N) is 3. The zero-order valence-corrected chi connectivity index (χ0v) is 19.2. The second kappa shape index (κ2) is 12.5. The van der Waals surface area contributed by atoms with E-state index in [0.717, 1.165) is 32.2 Å². The number of hydrogen-bond donors (Lipinski definition) is 4. The van der Waals surface area contributed by atoms with Crippen LogP contribution in [-0.4, -0.2) is 48.2 Å². The van der Waals surface area contributed by atoms with Crippen LogP contribution in [0, 0.1) is 11.8 Å². The molecular formula is C25H35N3O5. The van der Waals surface area contributed by atoms with E-state index in [4.69, 9.17) is 9.84 Å². The Hall–Kier alpha value is -2.71. The van der Waals surface area contributed by atoms with Crippen molar-refractivity contribution in [2.75, 3.05) is 23.7 Å². The van der Waals surface area contributed by atoms with Crippen LogP contribution in [0.15, 0.2) is 36.4 Å². The van der Waals surface area contributed by atoms with E-state index in [9.17, 15) is 14.4 Å². The maximum absolute atomic E-state index is 12.4. The molecule has 2 aliphatic heterocycles. The smallest absolute Gasteiger partial charge is 0.303 e. The SMILES string of the molecule is CCC(=O)Nc1cccc(NC(=O)CNC[C@H]2[C@@H](CC=CCCCC(=O)O)[C@H]3CC[C@@H]2O3)c1. The summed E-state index contributed by atoms with van der Waals surface area (Å²) < 4.78 is 6.13. The topological polar surface area (TPSA) is 117 Å². The Kier molecular flexibility index (Phi) is 9.45. The van der Waals surface area contributed by atoms with Crippen molar-refractivity contribution in [1.82, 2.24) is 5.32 Å². The number of fused-ring (bicyclic) bond motifs is 2. The fourth-order valence-corrected chi connectivity index (χ4v) is 4.70. The van der Waals surface area contributed by atoms with Gasteiger partial charge in [-0.3, -0.25) is 14.4 Å². The van der Waals surface area contributed by atoms with Gasteiger partial charge in [-0.2, -0.15) is 0 Å². The van der Waals surface area contributed by atoms with Gasteiger partial charge in [0, 0.05) is 36.7 Å². The van der Waals surface area contributed by atoms with E-state index in [1.54, 1.807) is 31.2 Å². The first-order chi connectivity index (χ1) is 16.0. The summed E-state index contributed by atoms with van der Waals surface area (Å²) in [6.45, 7) is 2.72. The first kappa shape index (κ1) is 24.9. The first-order valence-corrected chi connectivity index (χ1v) is 11.9. The molecule has 3 rings (SSSR count). The molecule has 2 saturated heterocycles. The summed E-state index contributed by atoms with van der Waals surface area (Å²) in [4.78, 5) is 34.5. The van der Waals surface area contributed by atoms with E-state index >= 15 is 0 Å². The predicted octanol–water partition coefficient (Wildman–Crippen LogP) is 3.56. The van der Waals surface area contributed by atoms with Crippen molar-refractivity contribution in [3.05, 3.63) is 36.4 Å². The summed E-state index contributed by atoms with van der Waals surface area (Å²) in [7, 11) is 0. The van der Waals surface area contributed by atoms with Gasteiger partial charge in [0.2, 0.25) is 11.8 Å². The molecule has 0 saturated carbocycles. The zero-order valence-electron chi connectivity index (χ0n) is 19.2. The molecule has 2 aliphatic rings. The highest BCUT2D eigenvalue weighted by molar-refractivity contribution is 5.94. The molecule has 0 unspecified atom stereocenters. The van der Waals surface area contributed by atoms with E-state index in [2.05, 4.69) is 28.1 Å². The minimum atomic E-state index is -0.754. The van der Waals surface area contributed by atoms with Crippen LogP contribution in [0.4, 0.5) is 11.4 Å². The van der Waals surface area contributed by atoms with Gasteiger partial charge in [-0.15, -0.1) is 0 Å². The molecule has 2 bridgehead atoms. The molecular weight excluding hydrogens is 422 g/mol. The van der Waals surface area contributed by atoms with E-state index in [-0.39, 0.29) is 37.0 Å². The maximum Gasteiger partial charge on any atom is 0.303 e. The molecule has 8 heteroatoms. The van der Waals surface area contributed by atoms with Crippen LogP contribution in [0.5, 0.6) is 0 Å². The number of anilines is 2. The Bertz CT molecular complexity index is 856. The molecule has 0 aromatic heterocycles. The number of aliphatic carboxylic acids is 1. The van der Waals surface area contributed by atoms with E-state index < -0.39 is 5.97 Å². The number of benzene rings is 1. The summed E-state index contributed by atoms with van der Waals surface area (Å²) >= 11 is 0. The van der Waals surface area contributed by atoms with Gasteiger partial charge < -0.3 is 25.8 Å². The Labute approximate surface area is 195 Å². The molecule has 180 valence electrons. The molecule has 0 radical (unpaired) electrons. The Balaban J connectivity index is 1.41. The summed E-state index contributed by atoms with van der Waals surface area (Å²) in [5.74, 6) is -0.163. The number of carboxylic acids is 1. The van der Waals surface area contributed by atoms with Crippen molar-refractivity contribution < 1.29 is 24.2 Å². The summed E-state index contributed by atoms with van der Waals surface area (Å²) in [6.07, 6.45) is 9.86. The van der Waals surface area contributed by atoms with Crippen molar-refractivity contribution in [2.45, 2.75) is 64.1 Å². The van der Waals surface area contributed by atoms with Crippen molar-refractivity contribution >= 4 is 29.2 Å². The minimum Gasteiger partial charge on any atom is -0.481 e. The van der Waals surface area contributed by atoms with Crippen LogP contribution in [0.1, 0.15) is 51.9 Å². The van der Waals surface area contributed by atoms with Crippen molar-refractivity contribution in [3.63, 3.8) is 0 Å². The van der Waals surface area contributed by atoms with Gasteiger partial charge >= 0.3 is 5.97 Å². The van der Waals surface area contributed by atoms with Crippen LogP contribution in [0.3, 0.4) is 0 Å². The number of carbonyl (C=O) groups is 3. The summed E-state index contributed by atoms with van der Waals surface area (Å²) in [6, 6.07) is 7.12. The second-order valence-electron chi connectivity index (χ2n) is 8.77. The molecule has 0 spiro atoms. The predicted molar refractivity (Wildman–Crippen MR) is 127 cm³/mol.